The van der Waals surface area contributed by atoms with E-state index in [9.17, 15) is 9.90 Å². The van der Waals surface area contributed by atoms with E-state index in [2.05, 4.69) is 9.97 Å². The minimum Gasteiger partial charge on any atom is -0.481 e. The molecule has 0 radical (unpaired) electrons. The zero-order valence-electron chi connectivity index (χ0n) is 6.21. The summed E-state index contributed by atoms with van der Waals surface area (Å²) in [7, 11) is 0. The average Bonchev–Trinajstić information content (AvgIpc) is 2.05. The van der Waals surface area contributed by atoms with E-state index < -0.39 is 12.1 Å². The number of rotatable bonds is 3. The van der Waals surface area contributed by atoms with Crippen LogP contribution in [0.15, 0.2) is 18.6 Å². The molecule has 64 valence electrons. The van der Waals surface area contributed by atoms with Crippen LogP contribution >= 0.6 is 0 Å². The van der Waals surface area contributed by atoms with E-state index in [0.29, 0.717) is 5.69 Å². The number of hydrogen-bond acceptors (Lipinski definition) is 4. The van der Waals surface area contributed by atoms with Gasteiger partial charge in [0.25, 0.3) is 0 Å². The Labute approximate surface area is 68.7 Å². The van der Waals surface area contributed by atoms with Crippen molar-refractivity contribution in [3.63, 3.8) is 0 Å². The lowest BCUT2D eigenvalue weighted by Crippen LogP contribution is -2.06. The first-order valence-electron chi connectivity index (χ1n) is 3.36. The second-order valence-corrected chi connectivity index (χ2v) is 2.25. The summed E-state index contributed by atoms with van der Waals surface area (Å²) in [4.78, 5) is 17.5. The summed E-state index contributed by atoms with van der Waals surface area (Å²) >= 11 is 0. The molecule has 0 aliphatic rings. The van der Waals surface area contributed by atoms with Crippen molar-refractivity contribution in [3.05, 3.63) is 24.3 Å². The van der Waals surface area contributed by atoms with E-state index >= 15 is 0 Å². The summed E-state index contributed by atoms with van der Waals surface area (Å²) in [6.07, 6.45) is 1.33. The van der Waals surface area contributed by atoms with Gasteiger partial charge in [0.15, 0.2) is 0 Å². The van der Waals surface area contributed by atoms with Crippen molar-refractivity contribution >= 4 is 5.97 Å². The van der Waals surface area contributed by atoms with Gasteiger partial charge in [0.1, 0.15) is 12.4 Å². The lowest BCUT2D eigenvalue weighted by Gasteiger charge is -2.04. The number of aliphatic hydroxyl groups excluding tert-OH is 1. The summed E-state index contributed by atoms with van der Waals surface area (Å²) in [6.45, 7) is 0. The predicted molar refractivity (Wildman–Crippen MR) is 39.2 cm³/mol. The summed E-state index contributed by atoms with van der Waals surface area (Å²) < 4.78 is 0. The van der Waals surface area contributed by atoms with Crippen LogP contribution in [0.2, 0.25) is 0 Å². The van der Waals surface area contributed by atoms with Crippen LogP contribution in [0, 0.1) is 0 Å². The smallest absolute Gasteiger partial charge is 0.306 e. The molecule has 1 aromatic heterocycles. The van der Waals surface area contributed by atoms with Crippen molar-refractivity contribution in [2.24, 2.45) is 0 Å². The number of nitrogens with zero attached hydrogens (tertiary/aromatic N) is 2. The molecule has 0 spiro atoms. The molecule has 1 heterocycles. The number of carbonyl (C=O) groups is 1. The van der Waals surface area contributed by atoms with Gasteiger partial charge < -0.3 is 10.2 Å². The Morgan fingerprint density at radius 3 is 2.92 bits per heavy atom. The fraction of sp³-hybridized carbons (Fsp3) is 0.286. The summed E-state index contributed by atoms with van der Waals surface area (Å²) in [5, 5.41) is 17.6. The normalized spacial score (nSPS) is 12.4. The molecule has 5 heteroatoms. The predicted octanol–water partition coefficient (Wildman–Crippen LogP) is -0.0153. The Kier molecular flexibility index (Phi) is 2.71. The van der Waals surface area contributed by atoms with Crippen molar-refractivity contribution in [2.75, 3.05) is 0 Å². The fourth-order valence-electron chi connectivity index (χ4n) is 0.768. The van der Waals surface area contributed by atoms with Crippen LogP contribution in [0.1, 0.15) is 18.2 Å². The number of carboxylic acid groups (broad SMARTS) is 1. The Bertz CT molecular complexity index is 263. The Balaban J connectivity index is 2.65. The van der Waals surface area contributed by atoms with Crippen molar-refractivity contribution < 1.29 is 15.0 Å². The maximum absolute atomic E-state index is 10.2. The third kappa shape index (κ3) is 2.28. The highest BCUT2D eigenvalue weighted by molar-refractivity contribution is 5.67. The first-order valence-corrected chi connectivity index (χ1v) is 3.36. The van der Waals surface area contributed by atoms with Crippen molar-refractivity contribution in [3.8, 4) is 0 Å². The molecule has 0 amide bonds. The Morgan fingerprint density at radius 2 is 2.42 bits per heavy atom. The number of carboxylic acids is 1. The molecule has 2 N–H and O–H groups in total. The molecule has 5 nitrogen and oxygen atoms in total. The van der Waals surface area contributed by atoms with Crippen LogP contribution in [0.3, 0.4) is 0 Å². The van der Waals surface area contributed by atoms with Crippen molar-refractivity contribution in [1.82, 2.24) is 9.97 Å². The van der Waals surface area contributed by atoms with Crippen LogP contribution < -0.4 is 0 Å². The molecule has 0 aliphatic carbocycles. The van der Waals surface area contributed by atoms with E-state index in [4.69, 9.17) is 5.11 Å². The summed E-state index contributed by atoms with van der Waals surface area (Å²) in [5.41, 5.74) is 0.326. The molecule has 1 atom stereocenters. The van der Waals surface area contributed by atoms with E-state index in [1.54, 1.807) is 0 Å². The van der Waals surface area contributed by atoms with Gasteiger partial charge in [0.2, 0.25) is 0 Å². The number of hydrogen-bond donors (Lipinski definition) is 2. The molecule has 0 aliphatic heterocycles. The highest BCUT2D eigenvalue weighted by atomic mass is 16.4. The molecule has 0 saturated heterocycles. The van der Waals surface area contributed by atoms with Crippen LogP contribution in [-0.4, -0.2) is 26.2 Å². The van der Waals surface area contributed by atoms with Crippen molar-refractivity contribution in [2.45, 2.75) is 12.5 Å². The molecule has 0 unspecified atom stereocenters. The van der Waals surface area contributed by atoms with E-state index in [1.807, 2.05) is 0 Å². The van der Waals surface area contributed by atoms with Crippen LogP contribution in [-0.2, 0) is 4.79 Å². The minimum absolute atomic E-state index is 0.326. The van der Waals surface area contributed by atoms with Gasteiger partial charge >= 0.3 is 5.97 Å². The third-order valence-electron chi connectivity index (χ3n) is 1.31. The minimum atomic E-state index is -1.05. The van der Waals surface area contributed by atoms with Crippen molar-refractivity contribution in [1.29, 1.82) is 0 Å². The lowest BCUT2D eigenvalue weighted by molar-refractivity contribution is -0.139. The fourth-order valence-corrected chi connectivity index (χ4v) is 0.768. The van der Waals surface area contributed by atoms with Gasteiger partial charge in [-0.3, -0.25) is 4.79 Å². The van der Waals surface area contributed by atoms with E-state index in [-0.39, 0.29) is 6.42 Å². The van der Waals surface area contributed by atoms with Gasteiger partial charge in [0.05, 0.1) is 12.1 Å². The van der Waals surface area contributed by atoms with Crippen LogP contribution in [0.5, 0.6) is 0 Å². The monoisotopic (exact) mass is 168 g/mol. The second kappa shape index (κ2) is 3.77. The molecule has 0 fully saturated rings. The maximum atomic E-state index is 10.2. The number of aliphatic carboxylic acids is 1. The van der Waals surface area contributed by atoms with Crippen LogP contribution in [0.4, 0.5) is 0 Å². The average molecular weight is 168 g/mol. The summed E-state index contributed by atoms with van der Waals surface area (Å²) in [6, 6.07) is 1.48. The Hall–Kier alpha value is -1.49. The maximum Gasteiger partial charge on any atom is 0.306 e. The SMILES string of the molecule is O=C(O)C[C@@H](O)c1ccncn1. The molecule has 12 heavy (non-hydrogen) atoms. The van der Waals surface area contributed by atoms with Gasteiger partial charge in [-0.25, -0.2) is 9.97 Å². The standard InChI is InChI=1S/C7H8N2O3/c10-6(3-7(11)12)5-1-2-8-4-9-5/h1-2,4,6,10H,3H2,(H,11,12)/t6-/m1/s1. The van der Waals surface area contributed by atoms with Gasteiger partial charge in [-0.2, -0.15) is 0 Å². The molecular formula is C7H8N2O3. The lowest BCUT2D eigenvalue weighted by atomic mass is 10.2. The molecule has 0 saturated carbocycles. The van der Waals surface area contributed by atoms with E-state index in [0.717, 1.165) is 0 Å². The quantitative estimate of drug-likeness (QED) is 0.662. The number of aliphatic hydroxyl groups is 1. The number of aromatic nitrogens is 2. The topological polar surface area (TPSA) is 83.3 Å². The van der Waals surface area contributed by atoms with Crippen LogP contribution in [0.25, 0.3) is 0 Å². The second-order valence-electron chi connectivity index (χ2n) is 2.25. The zero-order valence-corrected chi connectivity index (χ0v) is 6.21. The zero-order chi connectivity index (χ0) is 8.97. The Morgan fingerprint density at radius 1 is 1.67 bits per heavy atom. The third-order valence-corrected chi connectivity index (χ3v) is 1.31. The first-order chi connectivity index (χ1) is 5.70. The highest BCUT2D eigenvalue weighted by Gasteiger charge is 2.12. The van der Waals surface area contributed by atoms with Gasteiger partial charge in [-0.05, 0) is 6.07 Å². The first kappa shape index (κ1) is 8.61. The molecule has 0 bridgehead atoms. The van der Waals surface area contributed by atoms with Gasteiger partial charge in [-0.15, -0.1) is 0 Å². The highest BCUT2D eigenvalue weighted by Crippen LogP contribution is 2.11. The molecule has 1 rings (SSSR count). The molecule has 1 aromatic rings. The van der Waals surface area contributed by atoms with E-state index in [1.165, 1.54) is 18.6 Å². The molecular weight excluding hydrogens is 160 g/mol. The molecule has 0 aromatic carbocycles. The van der Waals surface area contributed by atoms with Gasteiger partial charge in [0, 0.05) is 6.20 Å². The largest absolute Gasteiger partial charge is 0.481 e. The summed E-state index contributed by atoms with van der Waals surface area (Å²) in [5.74, 6) is -1.05. The van der Waals surface area contributed by atoms with Gasteiger partial charge in [-0.1, -0.05) is 0 Å².